The maximum absolute atomic E-state index is 12.8. The van der Waals surface area contributed by atoms with Crippen LogP contribution in [0.5, 0.6) is 5.75 Å². The molecule has 3 aromatic rings. The summed E-state index contributed by atoms with van der Waals surface area (Å²) < 4.78 is 5.39. The van der Waals surface area contributed by atoms with E-state index in [-0.39, 0.29) is 19.0 Å². The molecule has 3 rings (SSSR count). The fourth-order valence-corrected chi connectivity index (χ4v) is 2.83. The standard InChI is InChI=1S/C22H20O3/c1-16-20(17-10-12-19(13-11-17)25-15-14-23)8-5-9-21(16)22(24)18-6-3-2-4-7-18/h2-13,23H,14-15H2,1H3. The van der Waals surface area contributed by atoms with E-state index in [1.807, 2.05) is 79.7 Å². The summed E-state index contributed by atoms with van der Waals surface area (Å²) in [4.78, 5) is 12.8. The van der Waals surface area contributed by atoms with Crippen molar-refractivity contribution in [1.29, 1.82) is 0 Å². The van der Waals surface area contributed by atoms with Crippen molar-refractivity contribution >= 4 is 5.78 Å². The molecule has 3 heteroatoms. The molecule has 0 saturated carbocycles. The molecular weight excluding hydrogens is 312 g/mol. The molecule has 3 nitrogen and oxygen atoms in total. The van der Waals surface area contributed by atoms with E-state index >= 15 is 0 Å². The lowest BCUT2D eigenvalue weighted by molar-refractivity contribution is 0.103. The van der Waals surface area contributed by atoms with Crippen LogP contribution < -0.4 is 4.74 Å². The Morgan fingerprint density at radius 1 is 0.920 bits per heavy atom. The third kappa shape index (κ3) is 3.78. The average Bonchev–Trinajstić information content (AvgIpc) is 2.67. The van der Waals surface area contributed by atoms with Crippen LogP contribution in [-0.4, -0.2) is 24.1 Å². The summed E-state index contributed by atoms with van der Waals surface area (Å²) >= 11 is 0. The zero-order valence-electron chi connectivity index (χ0n) is 14.1. The zero-order valence-corrected chi connectivity index (χ0v) is 14.1. The molecule has 0 bridgehead atoms. The number of carbonyl (C=O) groups is 1. The first-order chi connectivity index (χ1) is 12.2. The summed E-state index contributed by atoms with van der Waals surface area (Å²) in [6, 6.07) is 22.8. The molecule has 0 aliphatic rings. The Morgan fingerprint density at radius 2 is 1.64 bits per heavy atom. The van der Waals surface area contributed by atoms with Gasteiger partial charge in [-0.05, 0) is 35.7 Å². The predicted molar refractivity (Wildman–Crippen MR) is 99.1 cm³/mol. The number of rotatable bonds is 6. The first-order valence-corrected chi connectivity index (χ1v) is 8.24. The smallest absolute Gasteiger partial charge is 0.193 e. The minimum Gasteiger partial charge on any atom is -0.491 e. The molecule has 0 saturated heterocycles. The third-order valence-electron chi connectivity index (χ3n) is 4.14. The first kappa shape index (κ1) is 16.9. The molecule has 0 heterocycles. The van der Waals surface area contributed by atoms with Crippen LogP contribution in [0.4, 0.5) is 0 Å². The second-order valence-electron chi connectivity index (χ2n) is 5.77. The monoisotopic (exact) mass is 332 g/mol. The van der Waals surface area contributed by atoms with Crippen LogP contribution in [0, 0.1) is 6.92 Å². The van der Waals surface area contributed by atoms with Gasteiger partial charge in [-0.25, -0.2) is 0 Å². The van der Waals surface area contributed by atoms with Crippen molar-refractivity contribution < 1.29 is 14.6 Å². The van der Waals surface area contributed by atoms with Gasteiger partial charge in [-0.1, -0.05) is 60.7 Å². The van der Waals surface area contributed by atoms with Gasteiger partial charge in [0, 0.05) is 11.1 Å². The highest BCUT2D eigenvalue weighted by molar-refractivity contribution is 6.10. The second-order valence-corrected chi connectivity index (χ2v) is 5.77. The lowest BCUT2D eigenvalue weighted by atomic mass is 9.92. The molecule has 0 aliphatic heterocycles. The van der Waals surface area contributed by atoms with Crippen molar-refractivity contribution in [2.45, 2.75) is 6.92 Å². The highest BCUT2D eigenvalue weighted by atomic mass is 16.5. The number of ketones is 1. The highest BCUT2D eigenvalue weighted by Crippen LogP contribution is 2.28. The highest BCUT2D eigenvalue weighted by Gasteiger charge is 2.14. The van der Waals surface area contributed by atoms with E-state index in [0.29, 0.717) is 16.9 Å². The lowest BCUT2D eigenvalue weighted by Crippen LogP contribution is -2.04. The fourth-order valence-electron chi connectivity index (χ4n) is 2.83. The van der Waals surface area contributed by atoms with E-state index in [2.05, 4.69) is 0 Å². The van der Waals surface area contributed by atoms with Crippen LogP contribution >= 0.6 is 0 Å². The molecule has 1 N–H and O–H groups in total. The number of aliphatic hydroxyl groups excluding tert-OH is 1. The number of hydrogen-bond acceptors (Lipinski definition) is 3. The Kier molecular flexibility index (Phi) is 5.26. The maximum atomic E-state index is 12.8. The molecule has 25 heavy (non-hydrogen) atoms. The molecule has 0 unspecified atom stereocenters. The molecule has 0 aromatic heterocycles. The van der Waals surface area contributed by atoms with Crippen LogP contribution in [-0.2, 0) is 0 Å². The Labute approximate surface area is 147 Å². The molecular formula is C22H20O3. The van der Waals surface area contributed by atoms with Crippen molar-refractivity contribution in [2.24, 2.45) is 0 Å². The summed E-state index contributed by atoms with van der Waals surface area (Å²) in [5.41, 5.74) is 4.41. The molecule has 0 fully saturated rings. The van der Waals surface area contributed by atoms with E-state index < -0.39 is 0 Å². The van der Waals surface area contributed by atoms with E-state index in [4.69, 9.17) is 9.84 Å². The number of aliphatic hydroxyl groups is 1. The molecule has 0 radical (unpaired) electrons. The third-order valence-corrected chi connectivity index (χ3v) is 4.14. The summed E-state index contributed by atoms with van der Waals surface area (Å²) in [7, 11) is 0. The summed E-state index contributed by atoms with van der Waals surface area (Å²) in [5, 5.41) is 8.82. The van der Waals surface area contributed by atoms with Gasteiger partial charge in [0.1, 0.15) is 12.4 Å². The van der Waals surface area contributed by atoms with E-state index in [0.717, 1.165) is 16.7 Å². The molecule has 0 spiro atoms. The van der Waals surface area contributed by atoms with Crippen molar-refractivity contribution in [2.75, 3.05) is 13.2 Å². The molecule has 3 aromatic carbocycles. The molecule has 0 aliphatic carbocycles. The van der Waals surface area contributed by atoms with E-state index in [1.165, 1.54) is 0 Å². The lowest BCUT2D eigenvalue weighted by Gasteiger charge is -2.12. The normalized spacial score (nSPS) is 10.5. The average molecular weight is 332 g/mol. The van der Waals surface area contributed by atoms with Crippen LogP contribution in [0.1, 0.15) is 21.5 Å². The quantitative estimate of drug-likeness (QED) is 0.686. The van der Waals surface area contributed by atoms with Gasteiger partial charge in [0.2, 0.25) is 0 Å². The molecule has 0 amide bonds. The topological polar surface area (TPSA) is 46.5 Å². The predicted octanol–water partition coefficient (Wildman–Crippen LogP) is 4.26. The van der Waals surface area contributed by atoms with E-state index in [9.17, 15) is 4.79 Å². The summed E-state index contributed by atoms with van der Waals surface area (Å²) in [6.07, 6.45) is 0. The van der Waals surface area contributed by atoms with Crippen molar-refractivity contribution in [3.05, 3.63) is 89.5 Å². The van der Waals surface area contributed by atoms with E-state index in [1.54, 1.807) is 0 Å². The Hall–Kier alpha value is -2.91. The molecule has 126 valence electrons. The van der Waals surface area contributed by atoms with Crippen LogP contribution in [0.25, 0.3) is 11.1 Å². The fraction of sp³-hybridized carbons (Fsp3) is 0.136. The number of carbonyl (C=O) groups excluding carboxylic acids is 1. The molecule has 0 atom stereocenters. The van der Waals surface area contributed by atoms with Crippen molar-refractivity contribution in [3.8, 4) is 16.9 Å². The van der Waals surface area contributed by atoms with Gasteiger partial charge < -0.3 is 9.84 Å². The van der Waals surface area contributed by atoms with Gasteiger partial charge in [0.15, 0.2) is 5.78 Å². The van der Waals surface area contributed by atoms with Gasteiger partial charge in [-0.2, -0.15) is 0 Å². The number of ether oxygens (including phenoxy) is 1. The SMILES string of the molecule is Cc1c(C(=O)c2ccccc2)cccc1-c1ccc(OCCO)cc1. The van der Waals surface area contributed by atoms with Gasteiger partial charge >= 0.3 is 0 Å². The zero-order chi connectivity index (χ0) is 17.6. The Morgan fingerprint density at radius 3 is 2.32 bits per heavy atom. The Balaban J connectivity index is 1.92. The first-order valence-electron chi connectivity index (χ1n) is 8.24. The number of benzene rings is 3. The van der Waals surface area contributed by atoms with Crippen LogP contribution in [0.2, 0.25) is 0 Å². The Bertz CT molecular complexity index is 852. The van der Waals surface area contributed by atoms with Gasteiger partial charge in [0.25, 0.3) is 0 Å². The largest absolute Gasteiger partial charge is 0.491 e. The minimum absolute atomic E-state index is 0.00942. The minimum atomic E-state index is -0.00942. The summed E-state index contributed by atoms with van der Waals surface area (Å²) in [6.45, 7) is 2.24. The maximum Gasteiger partial charge on any atom is 0.193 e. The van der Waals surface area contributed by atoms with Crippen LogP contribution in [0.3, 0.4) is 0 Å². The van der Waals surface area contributed by atoms with Crippen molar-refractivity contribution in [1.82, 2.24) is 0 Å². The number of hydrogen-bond donors (Lipinski definition) is 1. The van der Waals surface area contributed by atoms with Gasteiger partial charge in [-0.15, -0.1) is 0 Å². The summed E-state index contributed by atoms with van der Waals surface area (Å²) in [5.74, 6) is 0.745. The van der Waals surface area contributed by atoms with Gasteiger partial charge in [0.05, 0.1) is 6.61 Å². The van der Waals surface area contributed by atoms with Crippen LogP contribution in [0.15, 0.2) is 72.8 Å². The second kappa shape index (κ2) is 7.77. The van der Waals surface area contributed by atoms with Crippen molar-refractivity contribution in [3.63, 3.8) is 0 Å². The van der Waals surface area contributed by atoms with Gasteiger partial charge in [-0.3, -0.25) is 4.79 Å².